The van der Waals surface area contributed by atoms with E-state index >= 15 is 4.39 Å². The molecule has 11 heteroatoms. The lowest BCUT2D eigenvalue weighted by Crippen LogP contribution is -2.49. The summed E-state index contributed by atoms with van der Waals surface area (Å²) in [5.41, 5.74) is -1.82. The molecule has 1 aromatic heterocycles. The highest BCUT2D eigenvalue weighted by atomic mass is 35.5. The molecule has 6 rings (SSSR count). The molecule has 3 atom stereocenters. The maximum atomic E-state index is 16.8. The fourth-order valence-corrected chi connectivity index (χ4v) is 6.99. The number of carbonyl (C=O) groups is 1. The number of nitrogens with zero attached hydrogens (tertiary/aromatic N) is 4. The van der Waals surface area contributed by atoms with Crippen LogP contribution in [0.1, 0.15) is 65.5 Å². The van der Waals surface area contributed by atoms with Crippen LogP contribution in [0, 0.1) is 11.7 Å². The van der Waals surface area contributed by atoms with Gasteiger partial charge < -0.3 is 19.5 Å². The van der Waals surface area contributed by atoms with Gasteiger partial charge >= 0.3 is 0 Å². The summed E-state index contributed by atoms with van der Waals surface area (Å²) >= 11 is 12.3. The summed E-state index contributed by atoms with van der Waals surface area (Å²) in [4.78, 5) is 26.8. The summed E-state index contributed by atoms with van der Waals surface area (Å²) in [6, 6.07) is 9.90. The standard InChI is InChI=1S/C32H35Cl2FN4O4/c1-3-31(41,20-8-11-38(2)12-9-20)22-14-26-29(27(35)15-22)32(43-25-10-13-42-19-25,21-4-6-23(33)7-5-21)39(30(26)40)18-28-36-16-24(34)17-37-28/h4-7,14-17,20,25,41H,3,8-13,18-19H2,1-2H3/t25-,31-,32+/m0/s1. The molecule has 43 heavy (non-hydrogen) atoms. The zero-order chi connectivity index (χ0) is 30.4. The number of benzene rings is 2. The first-order chi connectivity index (χ1) is 20.7. The fraction of sp³-hybridized carbons (Fsp3) is 0.469. The van der Waals surface area contributed by atoms with Gasteiger partial charge in [0.25, 0.3) is 5.91 Å². The van der Waals surface area contributed by atoms with E-state index in [0.29, 0.717) is 53.1 Å². The largest absolute Gasteiger partial charge is 0.385 e. The average molecular weight is 630 g/mol. The first-order valence-corrected chi connectivity index (χ1v) is 15.5. The number of amides is 1. The van der Waals surface area contributed by atoms with Gasteiger partial charge in [0.1, 0.15) is 11.6 Å². The van der Waals surface area contributed by atoms with E-state index in [1.807, 2.05) is 6.92 Å². The Balaban J connectivity index is 1.54. The van der Waals surface area contributed by atoms with Gasteiger partial charge in [-0.3, -0.25) is 9.69 Å². The minimum absolute atomic E-state index is 0.0749. The number of hydrogen-bond acceptors (Lipinski definition) is 7. The molecule has 0 spiro atoms. The van der Waals surface area contributed by atoms with Crippen LogP contribution < -0.4 is 0 Å². The fourth-order valence-electron chi connectivity index (χ4n) is 6.77. The van der Waals surface area contributed by atoms with Crippen LogP contribution in [0.15, 0.2) is 48.8 Å². The number of rotatable bonds is 8. The number of aliphatic hydroxyl groups is 1. The summed E-state index contributed by atoms with van der Waals surface area (Å²) in [6.07, 6.45) is 5.00. The highest BCUT2D eigenvalue weighted by Crippen LogP contribution is 2.50. The molecule has 3 aliphatic heterocycles. The number of fused-ring (bicyclic) bond motifs is 1. The van der Waals surface area contributed by atoms with Gasteiger partial charge in [0.15, 0.2) is 0 Å². The van der Waals surface area contributed by atoms with Crippen LogP contribution in [0.5, 0.6) is 0 Å². The molecule has 1 amide bonds. The topological polar surface area (TPSA) is 88.0 Å². The number of carbonyl (C=O) groups excluding carboxylic acids is 1. The van der Waals surface area contributed by atoms with Gasteiger partial charge in [0.05, 0.1) is 41.0 Å². The van der Waals surface area contributed by atoms with Gasteiger partial charge in [-0.15, -0.1) is 0 Å². The first-order valence-electron chi connectivity index (χ1n) is 14.7. The lowest BCUT2D eigenvalue weighted by Gasteiger charge is -2.41. The van der Waals surface area contributed by atoms with E-state index in [2.05, 4.69) is 21.9 Å². The van der Waals surface area contributed by atoms with E-state index in [1.54, 1.807) is 30.3 Å². The smallest absolute Gasteiger partial charge is 0.257 e. The highest BCUT2D eigenvalue weighted by Gasteiger charge is 2.56. The number of halogens is 3. The van der Waals surface area contributed by atoms with E-state index in [1.165, 1.54) is 23.4 Å². The Hall–Kier alpha value is -2.66. The minimum Gasteiger partial charge on any atom is -0.385 e. The molecule has 0 radical (unpaired) electrons. The van der Waals surface area contributed by atoms with Crippen LogP contribution in [0.25, 0.3) is 0 Å². The van der Waals surface area contributed by atoms with E-state index in [0.717, 1.165) is 25.9 Å². The molecule has 0 bridgehead atoms. The van der Waals surface area contributed by atoms with Crippen molar-refractivity contribution in [3.05, 3.63) is 92.7 Å². The SMILES string of the molecule is CC[C@@](O)(c1cc(F)c2c(c1)C(=O)N(Cc1ncc(Cl)cn1)[C@@]2(O[C@H]1CCOC1)c1ccc(Cl)cc1)C1CCN(C)CC1. The predicted molar refractivity (Wildman–Crippen MR) is 160 cm³/mol. The van der Waals surface area contributed by atoms with Crippen molar-refractivity contribution in [3.63, 3.8) is 0 Å². The molecule has 2 fully saturated rings. The van der Waals surface area contributed by atoms with Crippen molar-refractivity contribution in [2.24, 2.45) is 5.92 Å². The molecular formula is C32H35Cl2FN4O4. The van der Waals surface area contributed by atoms with Crippen LogP contribution in [-0.2, 0) is 27.3 Å². The molecule has 4 heterocycles. The van der Waals surface area contributed by atoms with Crippen LogP contribution in [-0.4, -0.2) is 70.2 Å². The Kier molecular flexibility index (Phi) is 8.49. The van der Waals surface area contributed by atoms with Crippen molar-refractivity contribution >= 4 is 29.1 Å². The summed E-state index contributed by atoms with van der Waals surface area (Å²) in [6.45, 7) is 4.29. The molecule has 0 unspecified atom stereocenters. The highest BCUT2D eigenvalue weighted by molar-refractivity contribution is 6.30. The number of hydrogen-bond donors (Lipinski definition) is 1. The van der Waals surface area contributed by atoms with Gasteiger partial charge in [-0.2, -0.15) is 0 Å². The Morgan fingerprint density at radius 2 is 1.81 bits per heavy atom. The normalized spacial score (nSPS) is 24.4. The molecule has 3 aliphatic rings. The van der Waals surface area contributed by atoms with Crippen molar-refractivity contribution in [2.75, 3.05) is 33.4 Å². The third-order valence-electron chi connectivity index (χ3n) is 9.15. The number of likely N-dealkylation sites (tertiary alicyclic amines) is 1. The van der Waals surface area contributed by atoms with E-state index in [9.17, 15) is 9.90 Å². The zero-order valence-electron chi connectivity index (χ0n) is 24.2. The van der Waals surface area contributed by atoms with Crippen LogP contribution in [0.3, 0.4) is 0 Å². The molecule has 0 saturated carbocycles. The Bertz CT molecular complexity index is 1480. The van der Waals surface area contributed by atoms with Gasteiger partial charge in [0.2, 0.25) is 5.72 Å². The van der Waals surface area contributed by atoms with E-state index in [-0.39, 0.29) is 23.6 Å². The van der Waals surface area contributed by atoms with Gasteiger partial charge in [-0.25, -0.2) is 14.4 Å². The zero-order valence-corrected chi connectivity index (χ0v) is 25.7. The quantitative estimate of drug-likeness (QED) is 0.351. The molecule has 1 N–H and O–H groups in total. The van der Waals surface area contributed by atoms with Crippen molar-refractivity contribution < 1.29 is 23.8 Å². The third-order valence-corrected chi connectivity index (χ3v) is 9.60. The summed E-state index contributed by atoms with van der Waals surface area (Å²) < 4.78 is 29.2. The van der Waals surface area contributed by atoms with Crippen LogP contribution >= 0.6 is 23.2 Å². The van der Waals surface area contributed by atoms with Crippen LogP contribution in [0.2, 0.25) is 10.0 Å². The maximum Gasteiger partial charge on any atom is 0.257 e. The molecule has 228 valence electrons. The number of ether oxygens (including phenoxy) is 2. The second-order valence-corrected chi connectivity index (χ2v) is 12.6. The average Bonchev–Trinajstić information content (AvgIpc) is 3.60. The molecular weight excluding hydrogens is 594 g/mol. The van der Waals surface area contributed by atoms with E-state index in [4.69, 9.17) is 32.7 Å². The monoisotopic (exact) mass is 628 g/mol. The Labute approximate surface area is 260 Å². The Morgan fingerprint density at radius 1 is 1.12 bits per heavy atom. The van der Waals surface area contributed by atoms with Gasteiger partial charge in [-0.1, -0.05) is 42.3 Å². The maximum absolute atomic E-state index is 16.8. The molecule has 8 nitrogen and oxygen atoms in total. The van der Waals surface area contributed by atoms with Crippen molar-refractivity contribution in [2.45, 2.75) is 56.6 Å². The minimum atomic E-state index is -1.67. The molecule has 0 aliphatic carbocycles. The first kappa shape index (κ1) is 30.4. The number of aromatic nitrogens is 2. The lowest BCUT2D eigenvalue weighted by atomic mass is 9.73. The molecule has 2 aromatic carbocycles. The predicted octanol–water partition coefficient (Wildman–Crippen LogP) is 5.52. The lowest BCUT2D eigenvalue weighted by molar-refractivity contribution is -0.149. The Morgan fingerprint density at radius 3 is 2.44 bits per heavy atom. The van der Waals surface area contributed by atoms with Crippen LogP contribution in [0.4, 0.5) is 4.39 Å². The van der Waals surface area contributed by atoms with Gasteiger partial charge in [-0.05, 0) is 81.6 Å². The molecule has 3 aromatic rings. The summed E-state index contributed by atoms with van der Waals surface area (Å²) in [5.74, 6) is -0.847. The van der Waals surface area contributed by atoms with Crippen molar-refractivity contribution in [1.82, 2.24) is 19.8 Å². The summed E-state index contributed by atoms with van der Waals surface area (Å²) in [5, 5.41) is 12.9. The van der Waals surface area contributed by atoms with Crippen molar-refractivity contribution in [1.29, 1.82) is 0 Å². The molecule has 2 saturated heterocycles. The summed E-state index contributed by atoms with van der Waals surface area (Å²) in [7, 11) is 2.06. The number of piperidine rings is 1. The third kappa shape index (κ3) is 5.45. The van der Waals surface area contributed by atoms with Gasteiger partial charge in [0, 0.05) is 29.6 Å². The second-order valence-electron chi connectivity index (χ2n) is 11.7. The van der Waals surface area contributed by atoms with Crippen molar-refractivity contribution in [3.8, 4) is 0 Å². The van der Waals surface area contributed by atoms with E-state index < -0.39 is 29.2 Å². The second kappa shape index (κ2) is 12.0.